The summed E-state index contributed by atoms with van der Waals surface area (Å²) in [6.07, 6.45) is -1.15. The van der Waals surface area contributed by atoms with Gasteiger partial charge in [-0.3, -0.25) is 0 Å². The number of ether oxygens (including phenoxy) is 3. The van der Waals surface area contributed by atoms with E-state index >= 15 is 0 Å². The maximum Gasteiger partial charge on any atom is 0.407 e. The zero-order valence-electron chi connectivity index (χ0n) is 18.9. The number of benzene rings is 1. The molecule has 1 aromatic carbocycles. The normalized spacial score (nSPS) is 14.5. The number of hydrogen-bond donors (Lipinski definition) is 2. The second-order valence-electron chi connectivity index (χ2n) is 9.00. The molecule has 0 aromatic heterocycles. The summed E-state index contributed by atoms with van der Waals surface area (Å²) in [6.45, 7) is 9.75. The van der Waals surface area contributed by atoms with Gasteiger partial charge in [-0.15, -0.1) is 0 Å². The largest absolute Gasteiger partial charge is 0.456 e. The van der Waals surface area contributed by atoms with Crippen molar-refractivity contribution in [1.82, 2.24) is 5.32 Å². The third kappa shape index (κ3) is 10.2. The van der Waals surface area contributed by atoms with Crippen LogP contribution in [0.1, 0.15) is 53.5 Å². The summed E-state index contributed by atoms with van der Waals surface area (Å²) >= 11 is 0. The Hall–Kier alpha value is -2.74. The van der Waals surface area contributed by atoms with Gasteiger partial charge in [-0.1, -0.05) is 30.3 Å². The summed E-state index contributed by atoms with van der Waals surface area (Å²) in [4.78, 5) is 39.4. The van der Waals surface area contributed by atoms with E-state index in [2.05, 4.69) is 10.3 Å². The van der Waals surface area contributed by atoms with Gasteiger partial charge in [0, 0.05) is 13.0 Å². The van der Waals surface area contributed by atoms with E-state index in [-0.39, 0.29) is 13.2 Å². The quantitative estimate of drug-likeness (QED) is 0.346. The number of isocyanates is 1. The van der Waals surface area contributed by atoms with Crippen LogP contribution < -0.4 is 5.32 Å². The van der Waals surface area contributed by atoms with Crippen LogP contribution in [0.3, 0.4) is 0 Å². The molecule has 1 amide bonds. The molecule has 0 fully saturated rings. The molecule has 1 rings (SSSR count). The Morgan fingerprint density at radius 1 is 1.10 bits per heavy atom. The van der Waals surface area contributed by atoms with Gasteiger partial charge in [-0.2, -0.15) is 4.99 Å². The molecule has 0 spiro atoms. The molecule has 0 radical (unpaired) electrons. The van der Waals surface area contributed by atoms with Crippen molar-refractivity contribution in [2.24, 2.45) is 4.99 Å². The summed E-state index contributed by atoms with van der Waals surface area (Å²) < 4.78 is 16.2. The smallest absolute Gasteiger partial charge is 0.407 e. The molecule has 0 aliphatic rings. The van der Waals surface area contributed by atoms with Gasteiger partial charge in [-0.25, -0.2) is 14.4 Å². The molecule has 2 atom stereocenters. The van der Waals surface area contributed by atoms with E-state index in [1.807, 2.05) is 18.2 Å². The third-order valence-electron chi connectivity index (χ3n) is 3.63. The lowest BCUT2D eigenvalue weighted by Crippen LogP contribution is -2.51. The number of carbonyl (C=O) groups is 2. The number of nitrogens with one attached hydrogen (secondary N) is 1. The fraction of sp³-hybridized carbons (Fsp3) is 0.591. The van der Waals surface area contributed by atoms with Crippen LogP contribution in [-0.4, -0.2) is 52.8 Å². The molecule has 0 heterocycles. The fourth-order valence-corrected chi connectivity index (χ4v) is 2.59. The summed E-state index contributed by atoms with van der Waals surface area (Å²) in [5, 5.41) is 12.9. The minimum Gasteiger partial charge on any atom is -0.456 e. The van der Waals surface area contributed by atoms with Crippen molar-refractivity contribution in [2.45, 2.75) is 77.6 Å². The molecule has 0 unspecified atom stereocenters. The van der Waals surface area contributed by atoms with Crippen LogP contribution in [-0.2, 0) is 30.4 Å². The number of aliphatic imine (C=N–C) groups is 1. The Morgan fingerprint density at radius 3 is 2.23 bits per heavy atom. The van der Waals surface area contributed by atoms with Crippen LogP contribution in [0, 0.1) is 0 Å². The van der Waals surface area contributed by atoms with E-state index < -0.39 is 41.5 Å². The average molecular weight is 437 g/mol. The van der Waals surface area contributed by atoms with E-state index in [4.69, 9.17) is 14.2 Å². The maximum absolute atomic E-state index is 12.8. The summed E-state index contributed by atoms with van der Waals surface area (Å²) in [5.74, 6) is -0.941. The zero-order valence-corrected chi connectivity index (χ0v) is 18.9. The van der Waals surface area contributed by atoms with E-state index in [0.29, 0.717) is 0 Å². The highest BCUT2D eigenvalue weighted by molar-refractivity contribution is 5.81. The topological polar surface area (TPSA) is 124 Å². The predicted molar refractivity (Wildman–Crippen MR) is 113 cm³/mol. The molecule has 9 heteroatoms. The molecule has 0 aliphatic heterocycles. The van der Waals surface area contributed by atoms with Gasteiger partial charge in [0.05, 0.1) is 11.7 Å². The molecule has 2 N–H and O–H groups in total. The van der Waals surface area contributed by atoms with Crippen molar-refractivity contribution in [3.05, 3.63) is 35.9 Å². The predicted octanol–water partition coefficient (Wildman–Crippen LogP) is 2.85. The summed E-state index contributed by atoms with van der Waals surface area (Å²) in [7, 11) is 0. The number of aliphatic hydroxyl groups is 1. The van der Waals surface area contributed by atoms with E-state index in [1.54, 1.807) is 53.7 Å². The van der Waals surface area contributed by atoms with Crippen molar-refractivity contribution >= 4 is 18.1 Å². The number of carbonyl (C=O) groups excluding carboxylic acids is 3. The molecule has 0 saturated carbocycles. The van der Waals surface area contributed by atoms with Crippen LogP contribution in [0.25, 0.3) is 0 Å². The van der Waals surface area contributed by atoms with Crippen molar-refractivity contribution in [3.8, 4) is 0 Å². The lowest BCUT2D eigenvalue weighted by molar-refractivity contribution is -0.204. The van der Waals surface area contributed by atoms with E-state index in [1.165, 1.54) is 6.08 Å². The van der Waals surface area contributed by atoms with Crippen LogP contribution in [0.15, 0.2) is 35.3 Å². The SMILES string of the molecule is CC(C)(C)OC(=O)[C@@](C[C@@H](O)CNC(=O)OCc1ccccc1)(N=C=O)OC(C)(C)C. The second kappa shape index (κ2) is 11.0. The molecular weight excluding hydrogens is 404 g/mol. The molecule has 9 nitrogen and oxygen atoms in total. The molecule has 0 bridgehead atoms. The van der Waals surface area contributed by atoms with Crippen LogP contribution in [0.2, 0.25) is 0 Å². The highest BCUT2D eigenvalue weighted by Gasteiger charge is 2.47. The van der Waals surface area contributed by atoms with E-state index in [0.717, 1.165) is 5.56 Å². The maximum atomic E-state index is 12.8. The van der Waals surface area contributed by atoms with Crippen molar-refractivity contribution in [2.75, 3.05) is 6.54 Å². The minimum atomic E-state index is -2.12. The zero-order chi connectivity index (χ0) is 23.7. The van der Waals surface area contributed by atoms with Gasteiger partial charge in [0.25, 0.3) is 5.72 Å². The monoisotopic (exact) mass is 436 g/mol. The van der Waals surface area contributed by atoms with Crippen LogP contribution >= 0.6 is 0 Å². The third-order valence-corrected chi connectivity index (χ3v) is 3.63. The number of nitrogens with zero attached hydrogens (tertiary/aromatic N) is 1. The molecule has 0 saturated heterocycles. The molecule has 31 heavy (non-hydrogen) atoms. The van der Waals surface area contributed by atoms with Crippen LogP contribution in [0.4, 0.5) is 4.79 Å². The highest BCUT2D eigenvalue weighted by Crippen LogP contribution is 2.30. The van der Waals surface area contributed by atoms with Gasteiger partial charge < -0.3 is 24.6 Å². The number of esters is 1. The number of amides is 1. The average Bonchev–Trinajstić information content (AvgIpc) is 2.63. The minimum absolute atomic E-state index is 0.0627. The standard InChI is InChI=1S/C22H32N2O7/c1-20(2,3)30-18(27)22(24-15-25,31-21(4,5)6)12-17(26)13-23-19(28)29-14-16-10-8-7-9-11-16/h7-11,17,26H,12-14H2,1-6H3,(H,23,28)/t17-,22+/m1/s1. The first-order valence-corrected chi connectivity index (χ1v) is 9.91. The molecular formula is C22H32N2O7. The first-order valence-electron chi connectivity index (χ1n) is 9.91. The van der Waals surface area contributed by atoms with Crippen LogP contribution in [0.5, 0.6) is 0 Å². The van der Waals surface area contributed by atoms with Gasteiger partial charge in [-0.05, 0) is 47.1 Å². The number of alkyl carbamates (subject to hydrolysis) is 1. The van der Waals surface area contributed by atoms with E-state index in [9.17, 15) is 19.5 Å². The Morgan fingerprint density at radius 2 is 1.71 bits per heavy atom. The Bertz CT molecular complexity index is 777. The van der Waals surface area contributed by atoms with Gasteiger partial charge in [0.15, 0.2) is 0 Å². The van der Waals surface area contributed by atoms with Crippen molar-refractivity contribution < 1.29 is 33.7 Å². The molecule has 172 valence electrons. The number of aliphatic hydroxyl groups excluding tert-OH is 1. The number of hydrogen-bond acceptors (Lipinski definition) is 8. The fourth-order valence-electron chi connectivity index (χ4n) is 2.59. The van der Waals surface area contributed by atoms with Gasteiger partial charge >= 0.3 is 12.1 Å². The molecule has 0 aliphatic carbocycles. The second-order valence-corrected chi connectivity index (χ2v) is 9.00. The summed E-state index contributed by atoms with van der Waals surface area (Å²) in [5.41, 5.74) is -3.10. The lowest BCUT2D eigenvalue weighted by atomic mass is 10.0. The molecule has 1 aromatic rings. The van der Waals surface area contributed by atoms with Gasteiger partial charge in [0.1, 0.15) is 12.2 Å². The lowest BCUT2D eigenvalue weighted by Gasteiger charge is -2.36. The van der Waals surface area contributed by atoms with Gasteiger partial charge in [0.2, 0.25) is 6.08 Å². The number of rotatable bonds is 9. The highest BCUT2D eigenvalue weighted by atomic mass is 16.6. The summed E-state index contributed by atoms with van der Waals surface area (Å²) in [6, 6.07) is 9.09. The Balaban J connectivity index is 2.83. The first kappa shape index (κ1) is 26.3. The Labute approximate surface area is 182 Å². The van der Waals surface area contributed by atoms with Crippen molar-refractivity contribution in [1.29, 1.82) is 0 Å². The Kier molecular flexibility index (Phi) is 9.37. The first-order chi connectivity index (χ1) is 14.3. The van der Waals surface area contributed by atoms with Crippen molar-refractivity contribution in [3.63, 3.8) is 0 Å².